The van der Waals surface area contributed by atoms with Crippen molar-refractivity contribution in [2.45, 2.75) is 6.54 Å². The molecule has 6 heteroatoms. The zero-order valence-electron chi connectivity index (χ0n) is 8.60. The molecule has 0 aliphatic rings. The minimum absolute atomic E-state index is 0.101. The third-order valence-corrected chi connectivity index (χ3v) is 2.96. The molecular weight excluding hydrogens is 236 g/mol. The second-order valence-corrected chi connectivity index (χ2v) is 4.25. The summed E-state index contributed by atoms with van der Waals surface area (Å²) in [7, 11) is 0. The lowest BCUT2D eigenvalue weighted by Gasteiger charge is -1.95. The molecule has 2 rings (SSSR count). The van der Waals surface area contributed by atoms with Crippen molar-refractivity contribution in [1.82, 2.24) is 4.98 Å². The van der Waals surface area contributed by atoms with Crippen molar-refractivity contribution in [3.05, 3.63) is 33.4 Å². The number of aliphatic imine (C=N–C) groups is 1. The first-order valence-corrected chi connectivity index (χ1v) is 5.51. The molecule has 0 bridgehead atoms. The molecule has 17 heavy (non-hydrogen) atoms. The molecule has 82 valence electrons. The number of hydrogen-bond donors (Lipinski definition) is 1. The maximum absolute atomic E-state index is 11.1. The summed E-state index contributed by atoms with van der Waals surface area (Å²) >= 11 is 1.12. The SMILES string of the molecule is N#CC(C#N)=NCc1ccc2[nH]c(=O)sc2c1. The van der Waals surface area contributed by atoms with E-state index < -0.39 is 0 Å². The Kier molecular flexibility index (Phi) is 2.99. The van der Waals surface area contributed by atoms with Crippen molar-refractivity contribution in [2.75, 3.05) is 0 Å². The number of hydrogen-bond acceptors (Lipinski definition) is 5. The Morgan fingerprint density at radius 2 is 2.18 bits per heavy atom. The third-order valence-electron chi connectivity index (χ3n) is 2.12. The molecule has 1 aromatic heterocycles. The highest BCUT2D eigenvalue weighted by atomic mass is 32.1. The van der Waals surface area contributed by atoms with Gasteiger partial charge < -0.3 is 4.98 Å². The van der Waals surface area contributed by atoms with E-state index >= 15 is 0 Å². The number of thiazole rings is 1. The monoisotopic (exact) mass is 242 g/mol. The first kappa shape index (κ1) is 11.1. The first-order valence-electron chi connectivity index (χ1n) is 4.69. The number of nitrogens with zero attached hydrogens (tertiary/aromatic N) is 3. The second kappa shape index (κ2) is 4.60. The predicted octanol–water partition coefficient (Wildman–Crippen LogP) is 1.58. The van der Waals surface area contributed by atoms with Crippen molar-refractivity contribution >= 4 is 27.3 Å². The largest absolute Gasteiger partial charge is 0.312 e. The van der Waals surface area contributed by atoms with Crippen LogP contribution in [-0.2, 0) is 6.54 Å². The van der Waals surface area contributed by atoms with Crippen molar-refractivity contribution in [1.29, 1.82) is 10.5 Å². The smallest absolute Gasteiger partial charge is 0.305 e. The number of H-pyrrole nitrogens is 1. The van der Waals surface area contributed by atoms with Crippen molar-refractivity contribution < 1.29 is 0 Å². The fourth-order valence-corrected chi connectivity index (χ4v) is 2.15. The van der Waals surface area contributed by atoms with Crippen LogP contribution in [0.4, 0.5) is 0 Å². The maximum Gasteiger partial charge on any atom is 0.305 e. The highest BCUT2D eigenvalue weighted by Gasteiger charge is 2.01. The van der Waals surface area contributed by atoms with Crippen molar-refractivity contribution in [3.8, 4) is 12.1 Å². The summed E-state index contributed by atoms with van der Waals surface area (Å²) in [5.74, 6) is 0. The van der Waals surface area contributed by atoms with E-state index in [9.17, 15) is 4.79 Å². The van der Waals surface area contributed by atoms with Gasteiger partial charge in [0.05, 0.1) is 16.8 Å². The third kappa shape index (κ3) is 2.39. The highest BCUT2D eigenvalue weighted by Crippen LogP contribution is 2.16. The van der Waals surface area contributed by atoms with Gasteiger partial charge in [-0.3, -0.25) is 9.79 Å². The molecule has 0 unspecified atom stereocenters. The van der Waals surface area contributed by atoms with E-state index in [0.29, 0.717) is 0 Å². The fourth-order valence-electron chi connectivity index (χ4n) is 1.35. The topological polar surface area (TPSA) is 92.8 Å². The maximum atomic E-state index is 11.1. The first-order chi connectivity index (χ1) is 8.22. The van der Waals surface area contributed by atoms with Crippen LogP contribution in [0.3, 0.4) is 0 Å². The van der Waals surface area contributed by atoms with Gasteiger partial charge in [0.1, 0.15) is 12.1 Å². The number of aromatic nitrogens is 1. The summed E-state index contributed by atoms with van der Waals surface area (Å²) < 4.78 is 0.846. The molecule has 5 nitrogen and oxygen atoms in total. The van der Waals surface area contributed by atoms with Gasteiger partial charge >= 0.3 is 4.87 Å². The molecule has 0 aliphatic heterocycles. The minimum atomic E-state index is -0.146. The molecule has 0 saturated carbocycles. The normalized spacial score (nSPS) is 9.53. The van der Waals surface area contributed by atoms with E-state index in [-0.39, 0.29) is 17.1 Å². The Morgan fingerprint density at radius 3 is 2.88 bits per heavy atom. The lowest BCUT2D eigenvalue weighted by Crippen LogP contribution is -1.90. The van der Waals surface area contributed by atoms with Crippen LogP contribution in [0.5, 0.6) is 0 Å². The number of fused-ring (bicyclic) bond motifs is 1. The van der Waals surface area contributed by atoms with Gasteiger partial charge in [-0.15, -0.1) is 0 Å². The van der Waals surface area contributed by atoms with Gasteiger partial charge in [-0.25, -0.2) is 0 Å². The van der Waals surface area contributed by atoms with Crippen LogP contribution in [0.2, 0.25) is 0 Å². The molecule has 0 atom stereocenters. The zero-order valence-corrected chi connectivity index (χ0v) is 9.41. The van der Waals surface area contributed by atoms with E-state index in [0.717, 1.165) is 27.1 Å². The van der Waals surface area contributed by atoms with Crippen LogP contribution in [0, 0.1) is 22.7 Å². The van der Waals surface area contributed by atoms with Gasteiger partial charge in [0.2, 0.25) is 5.71 Å². The van der Waals surface area contributed by atoms with E-state index in [1.165, 1.54) is 0 Å². The number of aromatic amines is 1. The summed E-state index contributed by atoms with van der Waals surface area (Å²) in [5, 5.41) is 17.1. The van der Waals surface area contributed by atoms with E-state index in [1.54, 1.807) is 24.3 Å². The van der Waals surface area contributed by atoms with Crippen molar-refractivity contribution in [2.24, 2.45) is 4.99 Å². The fraction of sp³-hybridized carbons (Fsp3) is 0.0909. The van der Waals surface area contributed by atoms with Crippen LogP contribution in [0.25, 0.3) is 10.2 Å². The molecule has 0 amide bonds. The van der Waals surface area contributed by atoms with Crippen LogP contribution < -0.4 is 4.87 Å². The van der Waals surface area contributed by atoms with Gasteiger partial charge in [0.15, 0.2) is 0 Å². The number of nitriles is 2. The van der Waals surface area contributed by atoms with E-state index in [2.05, 4.69) is 9.98 Å². The summed E-state index contributed by atoms with van der Waals surface area (Å²) in [4.78, 5) is 17.6. The Hall–Kier alpha value is -2.44. The standard InChI is InChI=1S/C11H6N4OS/c12-4-8(5-13)14-6-7-1-2-9-10(3-7)17-11(16)15-9/h1-3H,6H2,(H,15,16). The molecule has 0 saturated heterocycles. The van der Waals surface area contributed by atoms with Gasteiger partial charge in [0.25, 0.3) is 0 Å². The second-order valence-electron chi connectivity index (χ2n) is 3.23. The molecule has 0 aliphatic carbocycles. The molecule has 0 spiro atoms. The number of benzene rings is 1. The highest BCUT2D eigenvalue weighted by molar-refractivity contribution is 7.16. The quantitative estimate of drug-likeness (QED) is 0.810. The molecule has 1 N–H and O–H groups in total. The summed E-state index contributed by atoms with van der Waals surface area (Å²) in [6.45, 7) is 0.262. The average Bonchev–Trinajstić information content (AvgIpc) is 2.69. The van der Waals surface area contributed by atoms with E-state index in [1.807, 2.05) is 6.07 Å². The van der Waals surface area contributed by atoms with Crippen LogP contribution in [-0.4, -0.2) is 10.7 Å². The summed E-state index contributed by atoms with van der Waals surface area (Å²) in [5.41, 5.74) is 1.50. The Morgan fingerprint density at radius 1 is 1.41 bits per heavy atom. The average molecular weight is 242 g/mol. The Labute approximate surface area is 100 Å². The molecule has 0 radical (unpaired) electrons. The lowest BCUT2D eigenvalue weighted by molar-refractivity contribution is 1.08. The van der Waals surface area contributed by atoms with Crippen LogP contribution in [0.15, 0.2) is 28.0 Å². The van der Waals surface area contributed by atoms with Gasteiger partial charge in [-0.05, 0) is 17.7 Å². The lowest BCUT2D eigenvalue weighted by atomic mass is 10.2. The Balaban J connectivity index is 2.32. The summed E-state index contributed by atoms with van der Waals surface area (Å²) in [6, 6.07) is 8.82. The number of nitrogens with one attached hydrogen (secondary N) is 1. The zero-order chi connectivity index (χ0) is 12.3. The Bertz CT molecular complexity index is 710. The van der Waals surface area contributed by atoms with Gasteiger partial charge in [-0.2, -0.15) is 10.5 Å². The van der Waals surface area contributed by atoms with Crippen molar-refractivity contribution in [3.63, 3.8) is 0 Å². The molecular formula is C11H6N4OS. The van der Waals surface area contributed by atoms with E-state index in [4.69, 9.17) is 10.5 Å². The molecule has 1 heterocycles. The van der Waals surface area contributed by atoms with Gasteiger partial charge in [0, 0.05) is 0 Å². The van der Waals surface area contributed by atoms with Crippen LogP contribution in [0.1, 0.15) is 5.56 Å². The summed E-state index contributed by atoms with van der Waals surface area (Å²) in [6.07, 6.45) is 0. The molecule has 0 fully saturated rings. The molecule has 1 aromatic carbocycles. The van der Waals surface area contributed by atoms with Crippen LogP contribution >= 0.6 is 11.3 Å². The molecule has 2 aromatic rings. The predicted molar refractivity (Wildman–Crippen MR) is 64.8 cm³/mol. The number of rotatable bonds is 2. The van der Waals surface area contributed by atoms with Gasteiger partial charge in [-0.1, -0.05) is 17.4 Å². The minimum Gasteiger partial charge on any atom is -0.312 e.